The van der Waals surface area contributed by atoms with Crippen LogP contribution in [0, 0.1) is 5.92 Å². The molecule has 0 bridgehead atoms. The normalized spacial score (nSPS) is 24.8. The average Bonchev–Trinajstić information content (AvgIpc) is 3.79. The number of allylic oxidation sites excluding steroid dienone is 1. The first-order chi connectivity index (χ1) is 28.6. The summed E-state index contributed by atoms with van der Waals surface area (Å²) in [5.74, 6) is 2.18. The summed E-state index contributed by atoms with van der Waals surface area (Å²) in [5.41, 5.74) is 10.2. The molecule has 3 saturated heterocycles. The molecule has 1 unspecified atom stereocenters. The lowest BCUT2D eigenvalue weighted by molar-refractivity contribution is -0.113. The van der Waals surface area contributed by atoms with Crippen LogP contribution in [0.5, 0.6) is 11.5 Å². The monoisotopic (exact) mass is 904 g/mol. The SMILES string of the molecule is C=C(C)CC[C@@H](C(=O)I)N1Cc2cc3c(cc2C1=O)OC[C@@H]1CN(CC2COC4(C2)CN(c2ccc([C@@H]5c6ccc(O)cc6CC[C@@H]5c5ccccc5)cc2)C4)CCN31. The van der Waals surface area contributed by atoms with Crippen LogP contribution in [0.2, 0.25) is 0 Å². The average molecular weight is 905 g/mol. The predicted molar refractivity (Wildman–Crippen MR) is 239 cm³/mol. The lowest BCUT2D eigenvalue weighted by Crippen LogP contribution is -2.62. The molecule has 1 N–H and O–H groups in total. The zero-order chi connectivity index (χ0) is 40.4. The highest BCUT2D eigenvalue weighted by Gasteiger charge is 2.50. The number of ether oxygens (including phenoxy) is 2. The second-order valence-corrected chi connectivity index (χ2v) is 19.1. The topological polar surface area (TPSA) is 85.8 Å². The van der Waals surface area contributed by atoms with Crippen molar-refractivity contribution in [1.82, 2.24) is 9.80 Å². The van der Waals surface area contributed by atoms with E-state index in [4.69, 9.17) is 9.47 Å². The Balaban J connectivity index is 0.749. The number of hydrogen-bond acceptors (Lipinski definition) is 8. The summed E-state index contributed by atoms with van der Waals surface area (Å²) in [6.07, 6.45) is 4.43. The summed E-state index contributed by atoms with van der Waals surface area (Å²) < 4.78 is 12.9. The first-order valence-corrected chi connectivity index (χ1v) is 22.5. The molecule has 3 fully saturated rings. The van der Waals surface area contributed by atoms with Crippen LogP contribution in [0.1, 0.15) is 82.6 Å². The highest BCUT2D eigenvalue weighted by Crippen LogP contribution is 2.48. The molecule has 4 aromatic carbocycles. The van der Waals surface area contributed by atoms with Gasteiger partial charge in [-0.05, 0) is 115 Å². The van der Waals surface area contributed by atoms with Crippen LogP contribution in [-0.4, -0.2) is 94.8 Å². The summed E-state index contributed by atoms with van der Waals surface area (Å²) in [7, 11) is 0. The number of halogens is 1. The molecule has 306 valence electrons. The Labute approximate surface area is 361 Å². The van der Waals surface area contributed by atoms with Crippen molar-refractivity contribution in [2.75, 3.05) is 62.3 Å². The maximum absolute atomic E-state index is 13.5. The number of fused-ring (bicyclic) bond motifs is 5. The predicted octanol–water partition coefficient (Wildman–Crippen LogP) is 8.07. The lowest BCUT2D eigenvalue weighted by Gasteiger charge is -2.49. The third-order valence-electron chi connectivity index (χ3n) is 14.0. The van der Waals surface area contributed by atoms with E-state index in [9.17, 15) is 14.7 Å². The number of rotatable bonds is 10. The molecule has 9 nitrogen and oxygen atoms in total. The fourth-order valence-electron chi connectivity index (χ4n) is 11.1. The van der Waals surface area contributed by atoms with Crippen molar-refractivity contribution in [3.05, 3.63) is 130 Å². The number of amides is 1. The van der Waals surface area contributed by atoms with Gasteiger partial charge in [0, 0.05) is 85.6 Å². The fourth-order valence-corrected chi connectivity index (χ4v) is 11.7. The summed E-state index contributed by atoms with van der Waals surface area (Å²) in [5, 5.41) is 10.3. The van der Waals surface area contributed by atoms with E-state index in [-0.39, 0.29) is 27.3 Å². The number of aryl methyl sites for hydroxylation is 1. The van der Waals surface area contributed by atoms with Crippen LogP contribution in [0.15, 0.2) is 97.1 Å². The zero-order valence-corrected chi connectivity index (χ0v) is 36.0. The Kier molecular flexibility index (Phi) is 10.2. The number of piperazine rings is 1. The molecule has 1 spiro atoms. The van der Waals surface area contributed by atoms with Gasteiger partial charge in [0.1, 0.15) is 29.7 Å². The second-order valence-electron chi connectivity index (χ2n) is 18.1. The van der Waals surface area contributed by atoms with Crippen molar-refractivity contribution < 1.29 is 24.2 Å². The van der Waals surface area contributed by atoms with Crippen LogP contribution < -0.4 is 14.5 Å². The van der Waals surface area contributed by atoms with Gasteiger partial charge in [-0.15, -0.1) is 6.58 Å². The van der Waals surface area contributed by atoms with Crippen molar-refractivity contribution in [3.8, 4) is 11.5 Å². The number of aromatic hydroxyl groups is 1. The van der Waals surface area contributed by atoms with Crippen molar-refractivity contribution >= 4 is 43.7 Å². The van der Waals surface area contributed by atoms with Crippen LogP contribution in [0.3, 0.4) is 0 Å². The van der Waals surface area contributed by atoms with E-state index in [0.717, 1.165) is 87.7 Å². The molecule has 5 atom stereocenters. The van der Waals surface area contributed by atoms with Gasteiger partial charge in [0.15, 0.2) is 0 Å². The Morgan fingerprint density at radius 3 is 2.58 bits per heavy atom. The standard InChI is InChI=1S/C49H53IN4O5/c1-31(2)8-17-43(47(50)56)54-25-36-21-44-45(22-42(36)48(54)57)58-28-38-26-51(18-19-53(38)44)24-32-23-49(59-27-32)29-52(30-49)37-12-9-34(10-13-37)46-40(33-6-4-3-5-7-33)15-11-35-20-39(55)14-16-41(35)46/h3-7,9-10,12-14,16,20-22,32,38,40,43,46,55H,1,8,11,15,17-19,23-30H2,2H3/t32?,38-,40+,43-,46-/m0/s1. The largest absolute Gasteiger partial charge is 0.508 e. The van der Waals surface area contributed by atoms with Gasteiger partial charge in [0.2, 0.25) is 3.79 Å². The number of nitrogens with zero attached hydrogens (tertiary/aromatic N) is 4. The molecule has 10 rings (SSSR count). The van der Waals surface area contributed by atoms with Gasteiger partial charge in [-0.3, -0.25) is 14.5 Å². The molecule has 6 aliphatic rings. The van der Waals surface area contributed by atoms with Gasteiger partial charge in [-0.1, -0.05) is 54.1 Å². The van der Waals surface area contributed by atoms with Crippen molar-refractivity contribution in [2.45, 2.75) is 75.1 Å². The molecule has 5 aliphatic heterocycles. The van der Waals surface area contributed by atoms with Crippen LogP contribution in [0.4, 0.5) is 11.4 Å². The summed E-state index contributed by atoms with van der Waals surface area (Å²) in [6.45, 7) is 13.5. The molecule has 0 saturated carbocycles. The van der Waals surface area contributed by atoms with Crippen molar-refractivity contribution in [1.29, 1.82) is 0 Å². The van der Waals surface area contributed by atoms with E-state index < -0.39 is 6.04 Å². The lowest BCUT2D eigenvalue weighted by atomic mass is 9.69. The van der Waals surface area contributed by atoms with E-state index in [0.29, 0.717) is 49.1 Å². The van der Waals surface area contributed by atoms with Gasteiger partial charge >= 0.3 is 0 Å². The minimum absolute atomic E-state index is 0.0106. The number of phenolic OH excluding ortho intramolecular Hbond substituents is 1. The number of carbonyl (C=O) groups excluding carboxylic acids is 2. The van der Waals surface area contributed by atoms with Crippen LogP contribution in [0.25, 0.3) is 0 Å². The number of carbonyl (C=O) groups is 2. The van der Waals surface area contributed by atoms with Gasteiger partial charge < -0.3 is 29.3 Å². The summed E-state index contributed by atoms with van der Waals surface area (Å²) in [4.78, 5) is 35.4. The van der Waals surface area contributed by atoms with Crippen molar-refractivity contribution in [3.63, 3.8) is 0 Å². The second kappa shape index (κ2) is 15.6. The maximum atomic E-state index is 13.5. The third kappa shape index (κ3) is 7.33. The molecule has 4 aromatic rings. The Bertz CT molecular complexity index is 2280. The molecule has 0 radical (unpaired) electrons. The van der Waals surface area contributed by atoms with E-state index in [1.807, 2.05) is 47.7 Å². The Hall–Kier alpha value is -4.39. The third-order valence-corrected chi connectivity index (χ3v) is 14.7. The minimum atomic E-state index is -0.452. The number of anilines is 2. The molecule has 0 aromatic heterocycles. The first-order valence-electron chi connectivity index (χ1n) is 21.4. The molecule has 10 heteroatoms. The summed E-state index contributed by atoms with van der Waals surface area (Å²) in [6, 6.07) is 29.9. The van der Waals surface area contributed by atoms with Gasteiger partial charge in [-0.2, -0.15) is 0 Å². The molecular weight excluding hydrogens is 851 g/mol. The zero-order valence-electron chi connectivity index (χ0n) is 33.8. The molecule has 5 heterocycles. The van der Waals surface area contributed by atoms with Crippen molar-refractivity contribution in [2.24, 2.45) is 5.92 Å². The van der Waals surface area contributed by atoms with E-state index in [1.54, 1.807) is 4.90 Å². The molecule has 1 aliphatic carbocycles. The quantitative estimate of drug-likeness (QED) is 0.0973. The smallest absolute Gasteiger partial charge is 0.255 e. The first kappa shape index (κ1) is 38.8. The number of hydrogen-bond donors (Lipinski definition) is 1. The highest BCUT2D eigenvalue weighted by atomic mass is 127. The van der Waals surface area contributed by atoms with E-state index >= 15 is 0 Å². The van der Waals surface area contributed by atoms with Gasteiger partial charge in [0.05, 0.1) is 18.3 Å². The fraction of sp³-hybridized carbons (Fsp3) is 0.429. The van der Waals surface area contributed by atoms with Gasteiger partial charge in [0.25, 0.3) is 5.91 Å². The summed E-state index contributed by atoms with van der Waals surface area (Å²) >= 11 is 1.84. The minimum Gasteiger partial charge on any atom is -0.508 e. The van der Waals surface area contributed by atoms with E-state index in [1.165, 1.54) is 27.9 Å². The Morgan fingerprint density at radius 1 is 0.983 bits per heavy atom. The number of benzene rings is 4. The highest BCUT2D eigenvalue weighted by molar-refractivity contribution is 14.1. The van der Waals surface area contributed by atoms with Crippen LogP contribution >= 0.6 is 22.6 Å². The van der Waals surface area contributed by atoms with E-state index in [2.05, 4.69) is 88.0 Å². The molecular formula is C49H53IN4O5. The molecule has 1 amide bonds. The molecule has 59 heavy (non-hydrogen) atoms. The maximum Gasteiger partial charge on any atom is 0.255 e. The number of phenols is 1. The van der Waals surface area contributed by atoms with Crippen LogP contribution in [-0.2, 0) is 22.5 Å². The van der Waals surface area contributed by atoms with Gasteiger partial charge in [-0.25, -0.2) is 0 Å². The Morgan fingerprint density at radius 2 is 1.80 bits per heavy atom.